The first-order valence-electron chi connectivity index (χ1n) is 4.23. The fourth-order valence-corrected chi connectivity index (χ4v) is 2.47. The molecule has 1 unspecified atom stereocenters. The van der Waals surface area contributed by atoms with E-state index >= 15 is 0 Å². The largest absolute Gasteiger partial charge is 0.333 e. The molecule has 1 aromatic rings. The van der Waals surface area contributed by atoms with Gasteiger partial charge in [0.2, 0.25) is 0 Å². The minimum absolute atomic E-state index is 0.173. The number of rotatable bonds is 2. The Labute approximate surface area is 102 Å². The van der Waals surface area contributed by atoms with Crippen LogP contribution in [0, 0.1) is 0 Å². The number of thiocarbonyl (C=S) groups is 2. The van der Waals surface area contributed by atoms with Crippen LogP contribution in [0.5, 0.6) is 0 Å². The maximum absolute atomic E-state index is 5.06. The van der Waals surface area contributed by atoms with Crippen molar-refractivity contribution in [2.45, 2.75) is 5.37 Å². The molecule has 0 aromatic heterocycles. The summed E-state index contributed by atoms with van der Waals surface area (Å²) in [4.78, 5) is 0.629. The molecule has 15 heavy (non-hydrogen) atoms. The standard InChI is InChI=1S/C9H7N3S3/c13-7-8(15-9(14)10-7)12-11-6-4-2-1-3-5-6/h1-5,8H,(H,10,13,14). The molecular weight excluding hydrogens is 246 g/mol. The van der Waals surface area contributed by atoms with Crippen LogP contribution < -0.4 is 5.32 Å². The average molecular weight is 253 g/mol. The second-order valence-electron chi connectivity index (χ2n) is 2.80. The van der Waals surface area contributed by atoms with Crippen LogP contribution in [0.25, 0.3) is 0 Å². The van der Waals surface area contributed by atoms with Crippen molar-refractivity contribution in [2.24, 2.45) is 10.2 Å². The third kappa shape index (κ3) is 2.80. The van der Waals surface area contributed by atoms with Crippen LogP contribution in [0.2, 0.25) is 0 Å². The van der Waals surface area contributed by atoms with Crippen molar-refractivity contribution >= 4 is 51.2 Å². The number of thioether (sulfide) groups is 1. The minimum atomic E-state index is -0.173. The van der Waals surface area contributed by atoms with Gasteiger partial charge in [0.1, 0.15) is 9.31 Å². The van der Waals surface area contributed by atoms with Gasteiger partial charge in [-0.1, -0.05) is 54.4 Å². The summed E-state index contributed by atoms with van der Waals surface area (Å²) in [6.07, 6.45) is 0. The molecule has 1 aromatic carbocycles. The molecule has 1 aliphatic heterocycles. The number of nitrogens with one attached hydrogen (secondary N) is 1. The highest BCUT2D eigenvalue weighted by molar-refractivity contribution is 8.25. The van der Waals surface area contributed by atoms with Crippen LogP contribution in [-0.2, 0) is 0 Å². The zero-order valence-electron chi connectivity index (χ0n) is 7.58. The molecule has 1 heterocycles. The van der Waals surface area contributed by atoms with Crippen LogP contribution in [0.1, 0.15) is 0 Å². The zero-order chi connectivity index (χ0) is 10.7. The molecule has 1 atom stereocenters. The van der Waals surface area contributed by atoms with E-state index in [1.165, 1.54) is 11.8 Å². The number of hydrogen-bond acceptors (Lipinski definition) is 5. The minimum Gasteiger partial charge on any atom is -0.333 e. The molecule has 1 saturated heterocycles. The zero-order valence-corrected chi connectivity index (χ0v) is 10.0. The molecule has 0 radical (unpaired) electrons. The fraction of sp³-hybridized carbons (Fsp3) is 0.111. The first-order chi connectivity index (χ1) is 7.25. The second-order valence-corrected chi connectivity index (χ2v) is 4.99. The van der Waals surface area contributed by atoms with Crippen LogP contribution >= 0.6 is 36.2 Å². The summed E-state index contributed by atoms with van der Waals surface area (Å²) in [7, 11) is 0. The van der Waals surface area contributed by atoms with Crippen molar-refractivity contribution in [1.82, 2.24) is 5.32 Å². The topological polar surface area (TPSA) is 36.8 Å². The molecule has 6 heteroatoms. The number of nitrogens with zero attached hydrogens (tertiary/aromatic N) is 2. The van der Waals surface area contributed by atoms with Crippen molar-refractivity contribution in [1.29, 1.82) is 0 Å². The van der Waals surface area contributed by atoms with Crippen LogP contribution in [0.4, 0.5) is 5.69 Å². The lowest BCUT2D eigenvalue weighted by Gasteiger charge is -1.97. The van der Waals surface area contributed by atoms with Gasteiger partial charge in [-0.2, -0.15) is 10.2 Å². The van der Waals surface area contributed by atoms with Gasteiger partial charge in [0, 0.05) is 0 Å². The molecule has 0 spiro atoms. The van der Waals surface area contributed by atoms with Gasteiger partial charge in [-0.15, -0.1) is 0 Å². The third-order valence-electron chi connectivity index (χ3n) is 1.70. The Morgan fingerprint density at radius 2 is 1.93 bits per heavy atom. The highest BCUT2D eigenvalue weighted by Gasteiger charge is 2.24. The Morgan fingerprint density at radius 3 is 2.53 bits per heavy atom. The van der Waals surface area contributed by atoms with E-state index in [9.17, 15) is 0 Å². The molecule has 3 nitrogen and oxygen atoms in total. The Balaban J connectivity index is 2.06. The fourth-order valence-electron chi connectivity index (χ4n) is 1.04. The summed E-state index contributed by atoms with van der Waals surface area (Å²) in [6, 6.07) is 9.54. The normalized spacial score (nSPS) is 20.9. The summed E-state index contributed by atoms with van der Waals surface area (Å²) in [5.74, 6) is 0. The molecule has 2 rings (SSSR count). The van der Waals surface area contributed by atoms with E-state index in [-0.39, 0.29) is 5.37 Å². The molecule has 1 fully saturated rings. The summed E-state index contributed by atoms with van der Waals surface area (Å²) in [5.41, 5.74) is 0.818. The van der Waals surface area contributed by atoms with Crippen molar-refractivity contribution in [3.63, 3.8) is 0 Å². The molecule has 0 saturated carbocycles. The SMILES string of the molecule is S=C1NC(=S)C(N=Nc2ccccc2)S1. The Kier molecular flexibility index (Phi) is 3.40. The Morgan fingerprint density at radius 1 is 1.20 bits per heavy atom. The Hall–Kier alpha value is -0.850. The third-order valence-corrected chi connectivity index (χ3v) is 3.44. The summed E-state index contributed by atoms with van der Waals surface area (Å²) in [5, 5.41) is 10.9. The molecule has 1 N–H and O–H groups in total. The first-order valence-corrected chi connectivity index (χ1v) is 5.93. The molecule has 0 aliphatic carbocycles. The predicted molar refractivity (Wildman–Crippen MR) is 70.7 cm³/mol. The number of benzene rings is 1. The molecular formula is C9H7N3S3. The molecule has 1 aliphatic rings. The second kappa shape index (κ2) is 4.78. The van der Waals surface area contributed by atoms with Crippen molar-refractivity contribution in [2.75, 3.05) is 0 Å². The summed E-state index contributed by atoms with van der Waals surface area (Å²) in [6.45, 7) is 0. The first kappa shape index (κ1) is 10.7. The van der Waals surface area contributed by atoms with E-state index in [1.807, 2.05) is 30.3 Å². The summed E-state index contributed by atoms with van der Waals surface area (Å²) >= 11 is 11.4. The highest BCUT2D eigenvalue weighted by Crippen LogP contribution is 2.23. The van der Waals surface area contributed by atoms with Gasteiger partial charge in [-0.05, 0) is 12.1 Å². The monoisotopic (exact) mass is 253 g/mol. The number of azo groups is 1. The molecule has 0 bridgehead atoms. The predicted octanol–water partition coefficient (Wildman–Crippen LogP) is 3.05. The lowest BCUT2D eigenvalue weighted by molar-refractivity contribution is 1.05. The number of hydrogen-bond donors (Lipinski definition) is 1. The van der Waals surface area contributed by atoms with Gasteiger partial charge in [0.25, 0.3) is 0 Å². The smallest absolute Gasteiger partial charge is 0.173 e. The van der Waals surface area contributed by atoms with E-state index < -0.39 is 0 Å². The van der Waals surface area contributed by atoms with Crippen molar-refractivity contribution < 1.29 is 0 Å². The average Bonchev–Trinajstić information content (AvgIpc) is 2.56. The van der Waals surface area contributed by atoms with Gasteiger partial charge in [-0.3, -0.25) is 0 Å². The van der Waals surface area contributed by atoms with Crippen molar-refractivity contribution in [3.05, 3.63) is 30.3 Å². The molecule has 76 valence electrons. The quantitative estimate of drug-likeness (QED) is 0.649. The molecule has 0 amide bonds. The van der Waals surface area contributed by atoms with Gasteiger partial charge >= 0.3 is 0 Å². The maximum Gasteiger partial charge on any atom is 0.173 e. The van der Waals surface area contributed by atoms with Gasteiger partial charge in [0.15, 0.2) is 5.37 Å². The lowest BCUT2D eigenvalue weighted by atomic mass is 10.3. The van der Waals surface area contributed by atoms with Gasteiger partial charge in [-0.25, -0.2) is 0 Å². The summed E-state index contributed by atoms with van der Waals surface area (Å²) < 4.78 is 0.664. The van der Waals surface area contributed by atoms with Gasteiger partial charge < -0.3 is 5.32 Å². The highest BCUT2D eigenvalue weighted by atomic mass is 32.2. The maximum atomic E-state index is 5.06. The van der Waals surface area contributed by atoms with Crippen LogP contribution in [-0.4, -0.2) is 14.7 Å². The van der Waals surface area contributed by atoms with E-state index in [0.717, 1.165) is 5.69 Å². The van der Waals surface area contributed by atoms with Crippen molar-refractivity contribution in [3.8, 4) is 0 Å². The van der Waals surface area contributed by atoms with E-state index in [4.69, 9.17) is 24.4 Å². The van der Waals surface area contributed by atoms with E-state index in [2.05, 4.69) is 15.5 Å². The van der Waals surface area contributed by atoms with Gasteiger partial charge in [0.05, 0.1) is 5.69 Å². The van der Waals surface area contributed by atoms with Crippen LogP contribution in [0.15, 0.2) is 40.6 Å². The van der Waals surface area contributed by atoms with E-state index in [0.29, 0.717) is 9.31 Å². The Bertz CT molecular complexity index is 416. The van der Waals surface area contributed by atoms with E-state index in [1.54, 1.807) is 0 Å². The lowest BCUT2D eigenvalue weighted by Crippen LogP contribution is -2.20. The van der Waals surface area contributed by atoms with Crippen LogP contribution in [0.3, 0.4) is 0 Å².